The Morgan fingerprint density at radius 2 is 2.05 bits per heavy atom. The third-order valence-corrected chi connectivity index (χ3v) is 2.67. The zero-order valence-corrected chi connectivity index (χ0v) is 10.9. The third kappa shape index (κ3) is 4.20. The Hall–Kier alpha value is -2.69. The predicted octanol–water partition coefficient (Wildman–Crippen LogP) is 1.07. The van der Waals surface area contributed by atoms with E-state index in [4.69, 9.17) is 0 Å². The second-order valence-electron chi connectivity index (χ2n) is 4.15. The van der Waals surface area contributed by atoms with Gasteiger partial charge in [-0.3, -0.25) is 14.2 Å². The van der Waals surface area contributed by atoms with E-state index in [2.05, 4.69) is 10.3 Å². The molecule has 0 atom stereocenters. The van der Waals surface area contributed by atoms with Gasteiger partial charge in [-0.15, -0.1) is 0 Å². The summed E-state index contributed by atoms with van der Waals surface area (Å²) in [6.45, 7) is 0.779. The molecule has 0 aliphatic rings. The highest BCUT2D eigenvalue weighted by Gasteiger charge is 1.97. The smallest absolute Gasteiger partial charge is 0.253 e. The summed E-state index contributed by atoms with van der Waals surface area (Å²) in [6.07, 6.45) is 6.11. The van der Waals surface area contributed by atoms with Crippen LogP contribution >= 0.6 is 0 Å². The maximum atomic E-state index is 11.6. The summed E-state index contributed by atoms with van der Waals surface area (Å²) in [5, 5.41) is 2.72. The van der Waals surface area contributed by atoms with Gasteiger partial charge < -0.3 is 5.32 Å². The Bertz CT molecular complexity index is 647. The molecular formula is C15H15N3O2. The number of aromatic nitrogens is 2. The van der Waals surface area contributed by atoms with Crippen molar-refractivity contribution in [1.29, 1.82) is 0 Å². The number of hydrogen-bond donors (Lipinski definition) is 1. The highest BCUT2D eigenvalue weighted by Crippen LogP contribution is 2.00. The van der Waals surface area contributed by atoms with Crippen LogP contribution in [0.25, 0.3) is 6.08 Å². The van der Waals surface area contributed by atoms with E-state index in [0.717, 1.165) is 5.56 Å². The lowest BCUT2D eigenvalue weighted by Gasteiger charge is -2.04. The summed E-state index contributed by atoms with van der Waals surface area (Å²) < 4.78 is 1.45. The van der Waals surface area contributed by atoms with Crippen LogP contribution in [0, 0.1) is 0 Å². The molecule has 0 radical (unpaired) electrons. The molecule has 102 valence electrons. The van der Waals surface area contributed by atoms with Crippen molar-refractivity contribution in [3.05, 3.63) is 70.9 Å². The zero-order chi connectivity index (χ0) is 14.2. The van der Waals surface area contributed by atoms with E-state index in [0.29, 0.717) is 13.1 Å². The van der Waals surface area contributed by atoms with E-state index in [9.17, 15) is 9.59 Å². The lowest BCUT2D eigenvalue weighted by atomic mass is 10.2. The molecule has 0 unspecified atom stereocenters. The molecule has 2 aromatic rings. The summed E-state index contributed by atoms with van der Waals surface area (Å²) in [5.74, 6) is -0.189. The van der Waals surface area contributed by atoms with Gasteiger partial charge in [-0.05, 0) is 11.6 Å². The van der Waals surface area contributed by atoms with Crippen molar-refractivity contribution in [2.45, 2.75) is 6.54 Å². The molecule has 0 aliphatic heterocycles. The molecule has 0 saturated carbocycles. The van der Waals surface area contributed by atoms with Gasteiger partial charge in [0.1, 0.15) is 0 Å². The van der Waals surface area contributed by atoms with Crippen LogP contribution in [0.3, 0.4) is 0 Å². The highest BCUT2D eigenvalue weighted by molar-refractivity contribution is 5.91. The number of hydrogen-bond acceptors (Lipinski definition) is 3. The Balaban J connectivity index is 1.80. The van der Waals surface area contributed by atoms with Gasteiger partial charge in [0.05, 0.1) is 6.33 Å². The predicted molar refractivity (Wildman–Crippen MR) is 77.0 cm³/mol. The molecule has 0 aliphatic carbocycles. The average Bonchev–Trinajstić information content (AvgIpc) is 2.48. The minimum Gasteiger partial charge on any atom is -0.351 e. The van der Waals surface area contributed by atoms with Crippen molar-refractivity contribution in [1.82, 2.24) is 14.9 Å². The van der Waals surface area contributed by atoms with Crippen molar-refractivity contribution in [2.24, 2.45) is 0 Å². The second kappa shape index (κ2) is 7.04. The fraction of sp³-hybridized carbons (Fsp3) is 0.133. The topological polar surface area (TPSA) is 64.0 Å². The van der Waals surface area contributed by atoms with Gasteiger partial charge >= 0.3 is 0 Å². The molecule has 1 heterocycles. The summed E-state index contributed by atoms with van der Waals surface area (Å²) >= 11 is 0. The molecule has 1 aromatic carbocycles. The van der Waals surface area contributed by atoms with Crippen LogP contribution in [0.4, 0.5) is 0 Å². The first-order valence-corrected chi connectivity index (χ1v) is 6.27. The minimum absolute atomic E-state index is 0.130. The van der Waals surface area contributed by atoms with Gasteiger partial charge in [-0.1, -0.05) is 30.3 Å². The van der Waals surface area contributed by atoms with Crippen LogP contribution in [0.1, 0.15) is 5.56 Å². The van der Waals surface area contributed by atoms with Crippen molar-refractivity contribution >= 4 is 12.0 Å². The van der Waals surface area contributed by atoms with Crippen molar-refractivity contribution in [2.75, 3.05) is 6.54 Å². The fourth-order valence-electron chi connectivity index (χ4n) is 1.64. The van der Waals surface area contributed by atoms with Crippen LogP contribution < -0.4 is 10.9 Å². The van der Waals surface area contributed by atoms with Gasteiger partial charge in [0.2, 0.25) is 5.91 Å². The first-order valence-electron chi connectivity index (χ1n) is 6.27. The van der Waals surface area contributed by atoms with Crippen LogP contribution in [-0.4, -0.2) is 22.0 Å². The molecular weight excluding hydrogens is 254 g/mol. The Labute approximate surface area is 116 Å². The average molecular weight is 269 g/mol. The number of nitrogens with zero attached hydrogens (tertiary/aromatic N) is 2. The molecule has 5 heteroatoms. The highest BCUT2D eigenvalue weighted by atomic mass is 16.1. The second-order valence-corrected chi connectivity index (χ2v) is 4.15. The van der Waals surface area contributed by atoms with Crippen molar-refractivity contribution in [3.63, 3.8) is 0 Å². The fourth-order valence-corrected chi connectivity index (χ4v) is 1.64. The zero-order valence-electron chi connectivity index (χ0n) is 10.9. The van der Waals surface area contributed by atoms with Crippen LogP contribution in [-0.2, 0) is 11.3 Å². The van der Waals surface area contributed by atoms with Gasteiger partial charge in [-0.25, -0.2) is 4.98 Å². The molecule has 1 amide bonds. The maximum Gasteiger partial charge on any atom is 0.253 e. The third-order valence-electron chi connectivity index (χ3n) is 2.67. The Morgan fingerprint density at radius 1 is 1.25 bits per heavy atom. The summed E-state index contributed by atoms with van der Waals surface area (Å²) in [6, 6.07) is 11.0. The normalized spacial score (nSPS) is 10.6. The summed E-state index contributed by atoms with van der Waals surface area (Å²) in [7, 11) is 0. The number of rotatable bonds is 5. The van der Waals surface area contributed by atoms with Crippen molar-refractivity contribution in [3.8, 4) is 0 Å². The van der Waals surface area contributed by atoms with Gasteiger partial charge in [0.25, 0.3) is 5.56 Å². The number of benzene rings is 1. The van der Waals surface area contributed by atoms with Crippen LogP contribution in [0.5, 0.6) is 0 Å². The van der Waals surface area contributed by atoms with E-state index < -0.39 is 0 Å². The van der Waals surface area contributed by atoms with E-state index >= 15 is 0 Å². The van der Waals surface area contributed by atoms with Crippen LogP contribution in [0.15, 0.2) is 59.8 Å². The monoisotopic (exact) mass is 269 g/mol. The van der Waals surface area contributed by atoms with E-state index in [1.165, 1.54) is 29.2 Å². The number of amides is 1. The maximum absolute atomic E-state index is 11.6. The van der Waals surface area contributed by atoms with E-state index in [1.807, 2.05) is 30.3 Å². The quantitative estimate of drug-likeness (QED) is 0.826. The van der Waals surface area contributed by atoms with E-state index in [1.54, 1.807) is 6.08 Å². The summed E-state index contributed by atoms with van der Waals surface area (Å²) in [4.78, 5) is 26.8. The van der Waals surface area contributed by atoms with Gasteiger partial charge in [-0.2, -0.15) is 0 Å². The van der Waals surface area contributed by atoms with E-state index in [-0.39, 0.29) is 11.5 Å². The lowest BCUT2D eigenvalue weighted by molar-refractivity contribution is -0.116. The largest absolute Gasteiger partial charge is 0.351 e. The molecule has 0 bridgehead atoms. The first kappa shape index (κ1) is 13.7. The van der Waals surface area contributed by atoms with Crippen molar-refractivity contribution < 1.29 is 4.79 Å². The molecule has 0 fully saturated rings. The Morgan fingerprint density at radius 3 is 2.80 bits per heavy atom. The lowest BCUT2D eigenvalue weighted by Crippen LogP contribution is -2.29. The van der Waals surface area contributed by atoms with Gasteiger partial charge in [0, 0.05) is 31.4 Å². The Kier molecular flexibility index (Phi) is 4.83. The molecule has 1 aromatic heterocycles. The minimum atomic E-state index is -0.189. The molecule has 1 N–H and O–H groups in total. The molecule has 2 rings (SSSR count). The van der Waals surface area contributed by atoms with Crippen LogP contribution in [0.2, 0.25) is 0 Å². The number of nitrogens with one attached hydrogen (secondary N) is 1. The number of carbonyl (C=O) groups excluding carboxylic acids is 1. The standard InChI is InChI=1S/C15H15N3O2/c19-14(7-6-13-4-2-1-3-5-13)17-10-11-18-12-16-9-8-15(18)20/h1-9,12H,10-11H2,(H,17,19)/b7-6+. The first-order chi connectivity index (χ1) is 9.75. The molecule has 20 heavy (non-hydrogen) atoms. The molecule has 5 nitrogen and oxygen atoms in total. The summed E-state index contributed by atoms with van der Waals surface area (Å²) in [5.41, 5.74) is 0.834. The number of carbonyl (C=O) groups is 1. The van der Waals surface area contributed by atoms with Gasteiger partial charge in [0.15, 0.2) is 0 Å². The SMILES string of the molecule is O=C(/C=C/c1ccccc1)NCCn1cnccc1=O. The molecule has 0 saturated heterocycles. The molecule has 0 spiro atoms.